The molecule has 12 rings (SSSR count). The van der Waals surface area contributed by atoms with Crippen LogP contribution < -0.4 is 9.64 Å². The van der Waals surface area contributed by atoms with Crippen molar-refractivity contribution in [3.05, 3.63) is 211 Å². The standard InChI is InChI=1S/C67H59N4O.Pt/c1-42-19-15-26-55-57-28-18-30-59-64(57)70(63-50(25-17-27-56(63)51-22-11-12-24-54(51)62(42)55)43-35-45(66(5,6)7)37-46(36-43)67(8,9)10)41-69(59)47-20-16-21-48(39-47)72-49-31-32-53-52-23-13-14-29-58(52)71(60(53)40-49)61-38-44(33-34-68-61)65(2,3)4;/h11-38,41H,1-10H3;/q-3;/i1D3,5D3,6D3,7D3;. The molecule has 0 N–H and O–H groups in total. The van der Waals surface area contributed by atoms with Crippen molar-refractivity contribution in [2.75, 3.05) is 4.90 Å². The predicted octanol–water partition coefficient (Wildman–Crippen LogP) is 18.1. The van der Waals surface area contributed by atoms with E-state index in [1.165, 1.54) is 12.1 Å². The smallest absolute Gasteiger partial charge is 0.135 e. The molecule has 5 nitrogen and oxygen atoms in total. The van der Waals surface area contributed by atoms with Gasteiger partial charge in [0.05, 0.1) is 0 Å². The third kappa shape index (κ3) is 8.23. The molecule has 0 spiro atoms. The van der Waals surface area contributed by atoms with Crippen molar-refractivity contribution in [2.24, 2.45) is 0 Å². The summed E-state index contributed by atoms with van der Waals surface area (Å²) in [5, 5.41) is 5.85. The van der Waals surface area contributed by atoms with Crippen LogP contribution in [0.15, 0.2) is 170 Å². The largest absolute Gasteiger partial charge is 0.509 e. The number of anilines is 2. The molecule has 0 atom stereocenters. The van der Waals surface area contributed by atoms with Gasteiger partial charge in [0.2, 0.25) is 0 Å². The van der Waals surface area contributed by atoms with Gasteiger partial charge in [0, 0.05) is 66.4 Å². The Morgan fingerprint density at radius 3 is 1.96 bits per heavy atom. The summed E-state index contributed by atoms with van der Waals surface area (Å²) in [5.41, 5.74) is 2.39. The Morgan fingerprint density at radius 2 is 1.19 bits per heavy atom. The minimum atomic E-state index is -3.53. The molecule has 0 fully saturated rings. The number of pyridine rings is 1. The SMILES string of the molecule is [2H]C([2H])([2H])c1cccc2c3cccc4c3n(c3c(-c5cc(C(C)(C)C)cc(C(C([2H])([2H])[2H])(C([2H])([2H])[2H])C([2H])([2H])[2H])c5)cccc3c3ccccc3c12)[CH-]N4c1[c-]c(Oc2[c-]c3c(cc2)c2ccccc2n3-c2cc(C(C)(C)C)ccn2)ccc1.[Pt]. The monoisotopic (exact) mass is 1140 g/mol. The molecule has 1 aliphatic heterocycles. The van der Waals surface area contributed by atoms with Gasteiger partial charge in [-0.2, -0.15) is 12.1 Å². The zero-order valence-electron chi connectivity index (χ0n) is 53.3. The van der Waals surface area contributed by atoms with E-state index in [4.69, 9.17) is 26.2 Å². The fraction of sp³-hybridized carbons (Fsp3) is 0.194. The number of para-hydroxylation sites is 3. The van der Waals surface area contributed by atoms with Crippen molar-refractivity contribution in [1.29, 1.82) is 0 Å². The molecule has 0 amide bonds. The van der Waals surface area contributed by atoms with Crippen molar-refractivity contribution in [2.45, 2.75) is 85.2 Å². The molecule has 4 heterocycles. The molecule has 0 saturated heterocycles. The van der Waals surface area contributed by atoms with Crippen LogP contribution >= 0.6 is 0 Å². The fourth-order valence-electron chi connectivity index (χ4n) is 10.4. The van der Waals surface area contributed by atoms with Gasteiger partial charge in [-0.05, 0) is 136 Å². The molecule has 0 radical (unpaired) electrons. The van der Waals surface area contributed by atoms with Gasteiger partial charge in [-0.3, -0.25) is 0 Å². The van der Waals surface area contributed by atoms with Crippen LogP contribution in [0, 0.1) is 25.7 Å². The molecule has 3 aromatic heterocycles. The Morgan fingerprint density at radius 1 is 0.548 bits per heavy atom. The molecule has 0 aliphatic carbocycles. The third-order valence-electron chi connectivity index (χ3n) is 14.0. The number of nitrogens with zero attached hydrogens (tertiary/aromatic N) is 4. The molecular formula is C67H59N4OPt-3. The van der Waals surface area contributed by atoms with Crippen LogP contribution in [-0.2, 0) is 37.3 Å². The summed E-state index contributed by atoms with van der Waals surface area (Å²) in [4.78, 5) is 6.83. The van der Waals surface area contributed by atoms with Crippen LogP contribution in [0.25, 0.3) is 82.1 Å². The molecular weight excluding hydrogens is 1070 g/mol. The van der Waals surface area contributed by atoms with Crippen molar-refractivity contribution in [3.63, 3.8) is 0 Å². The van der Waals surface area contributed by atoms with Gasteiger partial charge in [-0.1, -0.05) is 182 Å². The first kappa shape index (κ1) is 35.7. The van der Waals surface area contributed by atoms with Crippen molar-refractivity contribution in [3.8, 4) is 28.4 Å². The van der Waals surface area contributed by atoms with Gasteiger partial charge in [0.1, 0.15) is 5.82 Å². The molecule has 0 bridgehead atoms. The quantitative estimate of drug-likeness (QED) is 0.161. The minimum absolute atomic E-state index is 0. The van der Waals surface area contributed by atoms with E-state index in [1.807, 2.05) is 164 Å². The predicted molar refractivity (Wildman–Crippen MR) is 303 cm³/mol. The van der Waals surface area contributed by atoms with Crippen LogP contribution in [0.4, 0.5) is 11.4 Å². The summed E-state index contributed by atoms with van der Waals surface area (Å²) >= 11 is 0. The van der Waals surface area contributed by atoms with Crippen molar-refractivity contribution >= 4 is 76.5 Å². The zero-order chi connectivity index (χ0) is 59.8. The van der Waals surface area contributed by atoms with Crippen LogP contribution in [0.2, 0.25) is 0 Å². The first-order valence-corrected chi connectivity index (χ1v) is 24.2. The Balaban J connectivity index is 0.00000752. The van der Waals surface area contributed by atoms with Gasteiger partial charge in [0.15, 0.2) is 0 Å². The Hall–Kier alpha value is -7.33. The average molecular weight is 1140 g/mol. The summed E-state index contributed by atoms with van der Waals surface area (Å²) in [6.45, 7) is 1.02. The molecule has 0 saturated carbocycles. The van der Waals surface area contributed by atoms with Crippen molar-refractivity contribution < 1.29 is 42.3 Å². The van der Waals surface area contributed by atoms with E-state index in [0.717, 1.165) is 33.2 Å². The maximum absolute atomic E-state index is 8.93. The van der Waals surface area contributed by atoms with Crippen molar-refractivity contribution in [1.82, 2.24) is 14.1 Å². The summed E-state index contributed by atoms with van der Waals surface area (Å²) in [6.07, 6.45) is 1.84. The molecule has 6 heteroatoms. The van der Waals surface area contributed by atoms with Gasteiger partial charge in [-0.25, -0.2) is 4.98 Å². The topological polar surface area (TPSA) is 35.2 Å². The van der Waals surface area contributed by atoms with E-state index < -0.39 is 38.2 Å². The van der Waals surface area contributed by atoms with Crippen LogP contribution in [0.1, 0.15) is 101 Å². The first-order valence-electron chi connectivity index (χ1n) is 30.2. The van der Waals surface area contributed by atoms with Gasteiger partial charge in [-0.15, -0.1) is 35.7 Å². The number of hydrogen-bond acceptors (Lipinski definition) is 3. The molecule has 1 aliphatic rings. The number of benzene rings is 8. The fourth-order valence-corrected chi connectivity index (χ4v) is 10.4. The second-order valence-corrected chi connectivity index (χ2v) is 20.9. The molecule has 11 aromatic rings. The first-order chi connectivity index (χ1) is 39.5. The minimum Gasteiger partial charge on any atom is -0.509 e. The maximum Gasteiger partial charge on any atom is 0.135 e. The summed E-state index contributed by atoms with van der Waals surface area (Å²) < 4.78 is 117. The summed E-state index contributed by atoms with van der Waals surface area (Å²) in [5.74, 6) is 1.59. The van der Waals surface area contributed by atoms with E-state index in [9.17, 15) is 0 Å². The van der Waals surface area contributed by atoms with Gasteiger partial charge < -0.3 is 18.8 Å². The number of ether oxygens (including phenoxy) is 1. The van der Waals surface area contributed by atoms with E-state index in [1.54, 1.807) is 12.1 Å². The van der Waals surface area contributed by atoms with Crippen LogP contribution in [-0.4, -0.2) is 14.1 Å². The third-order valence-corrected chi connectivity index (χ3v) is 14.0. The van der Waals surface area contributed by atoms with Crippen LogP contribution in [0.5, 0.6) is 11.5 Å². The van der Waals surface area contributed by atoms with Crippen LogP contribution in [0.3, 0.4) is 0 Å². The molecule has 8 aromatic carbocycles. The van der Waals surface area contributed by atoms with E-state index in [0.29, 0.717) is 82.9 Å². The summed E-state index contributed by atoms with van der Waals surface area (Å²) in [6, 6.07) is 58.1. The summed E-state index contributed by atoms with van der Waals surface area (Å²) in [7, 11) is 0. The molecule has 366 valence electrons. The zero-order valence-corrected chi connectivity index (χ0v) is 43.5. The number of hydrogen-bond donors (Lipinski definition) is 0. The van der Waals surface area contributed by atoms with E-state index >= 15 is 0 Å². The average Bonchev–Trinajstić information content (AvgIpc) is 1.37. The second kappa shape index (κ2) is 17.7. The van der Waals surface area contributed by atoms with Gasteiger partial charge >= 0.3 is 0 Å². The molecule has 73 heavy (non-hydrogen) atoms. The van der Waals surface area contributed by atoms with E-state index in [-0.39, 0.29) is 37.6 Å². The Labute approximate surface area is 460 Å². The number of aryl methyl sites for hydroxylation is 1. The number of fused-ring (bicyclic) bond motifs is 10. The Kier molecular flexibility index (Phi) is 8.67. The van der Waals surface area contributed by atoms with E-state index in [2.05, 4.69) is 55.7 Å². The Bertz CT molecular complexity index is 4520. The van der Waals surface area contributed by atoms with Gasteiger partial charge in [0.25, 0.3) is 0 Å². The second-order valence-electron chi connectivity index (χ2n) is 20.9. The molecule has 0 unspecified atom stereocenters. The number of aromatic nitrogens is 3. The number of rotatable bonds is 5. The maximum atomic E-state index is 8.93. The normalized spacial score (nSPS) is 15.9.